The highest BCUT2D eigenvalue weighted by Crippen LogP contribution is 2.39. The lowest BCUT2D eigenvalue weighted by molar-refractivity contribution is 0.297. The zero-order valence-electron chi connectivity index (χ0n) is 11.8. The Hall–Kier alpha value is -1.68. The van der Waals surface area contributed by atoms with Crippen LogP contribution >= 0.6 is 11.8 Å². The van der Waals surface area contributed by atoms with Crippen molar-refractivity contribution in [3.63, 3.8) is 0 Å². The van der Waals surface area contributed by atoms with E-state index in [9.17, 15) is 4.39 Å². The summed E-state index contributed by atoms with van der Waals surface area (Å²) in [5.74, 6) is 1.42. The number of benzene rings is 2. The molecule has 1 aliphatic heterocycles. The van der Waals surface area contributed by atoms with E-state index in [0.717, 1.165) is 28.4 Å². The highest BCUT2D eigenvalue weighted by molar-refractivity contribution is 7.99. The molecule has 0 bridgehead atoms. The van der Waals surface area contributed by atoms with Gasteiger partial charge in [-0.1, -0.05) is 12.1 Å². The summed E-state index contributed by atoms with van der Waals surface area (Å²) in [4.78, 5) is 1.12. The van der Waals surface area contributed by atoms with Crippen LogP contribution in [0.5, 0.6) is 11.5 Å². The molecule has 0 aromatic heterocycles. The fourth-order valence-electron chi connectivity index (χ4n) is 2.22. The molecule has 1 unspecified atom stereocenters. The molecule has 0 radical (unpaired) electrons. The summed E-state index contributed by atoms with van der Waals surface area (Å²) in [7, 11) is 0. The van der Waals surface area contributed by atoms with Crippen molar-refractivity contribution >= 4 is 11.8 Å². The van der Waals surface area contributed by atoms with Crippen LogP contribution in [0.2, 0.25) is 0 Å². The molecule has 1 atom stereocenters. The Bertz CT molecular complexity index is 613. The van der Waals surface area contributed by atoms with Crippen LogP contribution in [0.4, 0.5) is 4.39 Å². The van der Waals surface area contributed by atoms with Crippen LogP contribution in [0, 0.1) is 5.82 Å². The molecule has 21 heavy (non-hydrogen) atoms. The largest absolute Gasteiger partial charge is 0.490 e. The number of thioether (sulfide) groups is 1. The van der Waals surface area contributed by atoms with Gasteiger partial charge in [0.1, 0.15) is 5.82 Å². The van der Waals surface area contributed by atoms with E-state index in [-0.39, 0.29) is 11.1 Å². The van der Waals surface area contributed by atoms with Gasteiger partial charge in [-0.15, -0.1) is 11.8 Å². The van der Waals surface area contributed by atoms with Crippen molar-refractivity contribution < 1.29 is 13.9 Å². The minimum atomic E-state index is -0.202. The lowest BCUT2D eigenvalue weighted by atomic mass is 10.2. The van der Waals surface area contributed by atoms with Gasteiger partial charge in [-0.3, -0.25) is 0 Å². The van der Waals surface area contributed by atoms with Crippen molar-refractivity contribution in [2.45, 2.75) is 23.5 Å². The summed E-state index contributed by atoms with van der Waals surface area (Å²) in [6.07, 6.45) is 0.906. The number of halogens is 1. The molecule has 1 heterocycles. The van der Waals surface area contributed by atoms with Gasteiger partial charge >= 0.3 is 0 Å². The smallest absolute Gasteiger partial charge is 0.162 e. The van der Waals surface area contributed by atoms with E-state index in [1.54, 1.807) is 11.8 Å². The summed E-state index contributed by atoms with van der Waals surface area (Å²) < 4.78 is 24.3. The summed E-state index contributed by atoms with van der Waals surface area (Å²) in [6, 6.07) is 12.7. The molecule has 1 aliphatic rings. The van der Waals surface area contributed by atoms with Gasteiger partial charge in [-0.05, 0) is 42.8 Å². The monoisotopic (exact) mass is 304 g/mol. The third-order valence-corrected chi connectivity index (χ3v) is 4.52. The molecule has 0 spiro atoms. The van der Waals surface area contributed by atoms with Crippen LogP contribution in [0.1, 0.15) is 24.2 Å². The van der Waals surface area contributed by atoms with Crippen molar-refractivity contribution in [2.75, 3.05) is 13.2 Å². The molecular weight excluding hydrogens is 287 g/mol. The lowest BCUT2D eigenvalue weighted by Crippen LogP contribution is -1.97. The zero-order valence-corrected chi connectivity index (χ0v) is 12.7. The van der Waals surface area contributed by atoms with E-state index in [1.165, 1.54) is 12.1 Å². The maximum absolute atomic E-state index is 13.0. The van der Waals surface area contributed by atoms with Crippen molar-refractivity contribution in [3.05, 3.63) is 53.8 Å². The van der Waals surface area contributed by atoms with Gasteiger partial charge in [0.2, 0.25) is 0 Å². The van der Waals surface area contributed by atoms with Gasteiger partial charge in [-0.2, -0.15) is 0 Å². The van der Waals surface area contributed by atoms with Gasteiger partial charge in [0.05, 0.1) is 13.2 Å². The first-order valence-electron chi connectivity index (χ1n) is 7.04. The Balaban J connectivity index is 1.75. The Morgan fingerprint density at radius 1 is 1.00 bits per heavy atom. The van der Waals surface area contributed by atoms with E-state index < -0.39 is 0 Å². The summed E-state index contributed by atoms with van der Waals surface area (Å²) in [6.45, 7) is 3.50. The highest BCUT2D eigenvalue weighted by atomic mass is 32.2. The average Bonchev–Trinajstić information content (AvgIpc) is 2.72. The number of fused-ring (bicyclic) bond motifs is 1. The normalized spacial score (nSPS) is 15.3. The molecule has 2 aromatic carbocycles. The van der Waals surface area contributed by atoms with Crippen molar-refractivity contribution in [2.24, 2.45) is 0 Å². The summed E-state index contributed by atoms with van der Waals surface area (Å²) in [5, 5.41) is 0.246. The molecule has 0 saturated heterocycles. The van der Waals surface area contributed by atoms with Gasteiger partial charge in [0.25, 0.3) is 0 Å². The Labute approximate surface area is 128 Å². The first kappa shape index (κ1) is 14.3. The molecule has 0 aliphatic carbocycles. The fourth-order valence-corrected chi connectivity index (χ4v) is 3.25. The maximum atomic E-state index is 13.0. The van der Waals surface area contributed by atoms with Crippen LogP contribution in [0.15, 0.2) is 47.4 Å². The number of rotatable bonds is 3. The van der Waals surface area contributed by atoms with Crippen LogP contribution in [-0.2, 0) is 0 Å². The maximum Gasteiger partial charge on any atom is 0.162 e. The molecular formula is C17H17FO2S. The van der Waals surface area contributed by atoms with E-state index in [0.29, 0.717) is 13.2 Å². The standard InChI is InChI=1S/C17H17FO2S/c1-12(13-3-5-14(18)6-4-13)21-15-7-8-16-17(11-15)20-10-2-9-19-16/h3-8,11-12H,2,9-10H2,1H3. The first-order valence-corrected chi connectivity index (χ1v) is 7.92. The van der Waals surface area contributed by atoms with Crippen LogP contribution in [0.25, 0.3) is 0 Å². The molecule has 0 N–H and O–H groups in total. The predicted octanol–water partition coefficient (Wildman–Crippen LogP) is 4.84. The first-order chi connectivity index (χ1) is 10.2. The summed E-state index contributed by atoms with van der Waals surface area (Å²) in [5.41, 5.74) is 1.11. The average molecular weight is 304 g/mol. The van der Waals surface area contributed by atoms with Crippen LogP contribution in [-0.4, -0.2) is 13.2 Å². The van der Waals surface area contributed by atoms with Gasteiger partial charge < -0.3 is 9.47 Å². The second kappa shape index (κ2) is 6.39. The molecule has 0 saturated carbocycles. The second-order valence-electron chi connectivity index (χ2n) is 4.97. The Morgan fingerprint density at radius 2 is 1.71 bits per heavy atom. The molecule has 0 fully saturated rings. The van der Waals surface area contributed by atoms with Crippen LogP contribution < -0.4 is 9.47 Å². The van der Waals surface area contributed by atoms with Crippen molar-refractivity contribution in [1.29, 1.82) is 0 Å². The zero-order chi connectivity index (χ0) is 14.7. The van der Waals surface area contributed by atoms with E-state index in [2.05, 4.69) is 6.92 Å². The third kappa shape index (κ3) is 3.50. The molecule has 4 heteroatoms. The predicted molar refractivity (Wildman–Crippen MR) is 82.7 cm³/mol. The Kier molecular flexibility index (Phi) is 4.34. The lowest BCUT2D eigenvalue weighted by Gasteiger charge is -2.13. The number of ether oxygens (including phenoxy) is 2. The van der Waals surface area contributed by atoms with E-state index >= 15 is 0 Å². The molecule has 2 aromatic rings. The van der Waals surface area contributed by atoms with Crippen molar-refractivity contribution in [1.82, 2.24) is 0 Å². The quantitative estimate of drug-likeness (QED) is 0.756. The second-order valence-corrected chi connectivity index (χ2v) is 6.38. The van der Waals surface area contributed by atoms with E-state index in [1.807, 2.05) is 30.3 Å². The number of hydrogen-bond acceptors (Lipinski definition) is 3. The van der Waals surface area contributed by atoms with Gasteiger partial charge in [0, 0.05) is 16.6 Å². The SMILES string of the molecule is CC(Sc1ccc2c(c1)OCCCO2)c1ccc(F)cc1. The minimum Gasteiger partial charge on any atom is -0.490 e. The van der Waals surface area contributed by atoms with Gasteiger partial charge in [-0.25, -0.2) is 4.39 Å². The van der Waals surface area contributed by atoms with Crippen LogP contribution in [0.3, 0.4) is 0 Å². The molecule has 0 amide bonds. The Morgan fingerprint density at radius 3 is 2.48 bits per heavy atom. The minimum absolute atomic E-state index is 0.202. The molecule has 3 rings (SSSR count). The third-order valence-electron chi connectivity index (χ3n) is 3.37. The van der Waals surface area contributed by atoms with Crippen molar-refractivity contribution in [3.8, 4) is 11.5 Å². The van der Waals surface area contributed by atoms with E-state index in [4.69, 9.17) is 9.47 Å². The van der Waals surface area contributed by atoms with Gasteiger partial charge in [0.15, 0.2) is 11.5 Å². The molecule has 110 valence electrons. The summed E-state index contributed by atoms with van der Waals surface area (Å²) >= 11 is 1.72. The highest BCUT2D eigenvalue weighted by Gasteiger charge is 2.13. The number of hydrogen-bond donors (Lipinski definition) is 0. The topological polar surface area (TPSA) is 18.5 Å². The molecule has 2 nitrogen and oxygen atoms in total. The fraction of sp³-hybridized carbons (Fsp3) is 0.294.